The molecule has 1 amide bonds. The Morgan fingerprint density at radius 1 is 1.22 bits per heavy atom. The molecule has 9 nitrogen and oxygen atoms in total. The van der Waals surface area contributed by atoms with E-state index in [-0.39, 0.29) is 24.1 Å². The molecule has 0 saturated carbocycles. The molecule has 1 aliphatic rings. The number of hydrogen-bond acceptors (Lipinski definition) is 7. The van der Waals surface area contributed by atoms with Crippen LogP contribution in [0.25, 0.3) is 0 Å². The van der Waals surface area contributed by atoms with E-state index in [0.717, 1.165) is 12.8 Å². The van der Waals surface area contributed by atoms with Gasteiger partial charge in [0.15, 0.2) is 0 Å². The number of piperidine rings is 1. The molecule has 9 heteroatoms. The van der Waals surface area contributed by atoms with E-state index in [9.17, 15) is 19.7 Å². The van der Waals surface area contributed by atoms with E-state index in [1.54, 1.807) is 25.7 Å². The molecule has 0 aromatic heterocycles. The minimum absolute atomic E-state index is 0.00887. The predicted octanol–water partition coefficient (Wildman–Crippen LogP) is 3.90. The van der Waals surface area contributed by atoms with Gasteiger partial charge < -0.3 is 19.1 Å². The number of hydrogen-bond donors (Lipinski definition) is 0. The van der Waals surface area contributed by atoms with Gasteiger partial charge in [-0.1, -0.05) is 0 Å². The average molecular weight is 380 g/mol. The second-order valence-corrected chi connectivity index (χ2v) is 7.24. The summed E-state index contributed by atoms with van der Waals surface area (Å²) in [5.74, 6) is 0.137. The second-order valence-electron chi connectivity index (χ2n) is 7.24. The van der Waals surface area contributed by atoms with Crippen molar-refractivity contribution in [2.24, 2.45) is 0 Å². The number of rotatable bonds is 4. The van der Waals surface area contributed by atoms with Gasteiger partial charge in [-0.05, 0) is 52.2 Å². The Hall–Kier alpha value is -2.84. The summed E-state index contributed by atoms with van der Waals surface area (Å²) in [5, 5.41) is 10.6. The smallest absolute Gasteiger partial charge is 0.444 e. The van der Waals surface area contributed by atoms with Gasteiger partial charge in [-0.25, -0.2) is 9.59 Å². The van der Waals surface area contributed by atoms with E-state index >= 15 is 0 Å². The van der Waals surface area contributed by atoms with Crippen LogP contribution in [-0.2, 0) is 9.47 Å². The third kappa shape index (κ3) is 6.43. The monoisotopic (exact) mass is 380 g/mol. The van der Waals surface area contributed by atoms with Crippen LogP contribution in [0, 0.1) is 10.1 Å². The molecule has 0 aliphatic carbocycles. The van der Waals surface area contributed by atoms with Crippen molar-refractivity contribution in [1.29, 1.82) is 0 Å². The summed E-state index contributed by atoms with van der Waals surface area (Å²) < 4.78 is 15.5. The second kappa shape index (κ2) is 8.70. The van der Waals surface area contributed by atoms with Crippen molar-refractivity contribution in [3.63, 3.8) is 0 Å². The van der Waals surface area contributed by atoms with Crippen molar-refractivity contribution in [3.8, 4) is 5.75 Å². The van der Waals surface area contributed by atoms with Crippen molar-refractivity contribution >= 4 is 17.9 Å². The molecule has 1 aromatic carbocycles. The van der Waals surface area contributed by atoms with Crippen molar-refractivity contribution in [1.82, 2.24) is 4.90 Å². The lowest BCUT2D eigenvalue weighted by Crippen LogP contribution is -2.48. The summed E-state index contributed by atoms with van der Waals surface area (Å²) in [6, 6.07) is 4.81. The Balaban J connectivity index is 1.88. The number of nitro groups is 1. The Kier molecular flexibility index (Phi) is 6.59. The van der Waals surface area contributed by atoms with Crippen LogP contribution in [0.1, 0.15) is 40.0 Å². The molecule has 1 heterocycles. The molecular weight excluding hydrogens is 356 g/mol. The highest BCUT2D eigenvalue weighted by atomic mass is 16.7. The van der Waals surface area contributed by atoms with E-state index in [1.807, 2.05) is 0 Å². The highest BCUT2D eigenvalue weighted by Gasteiger charge is 2.31. The molecule has 148 valence electrons. The van der Waals surface area contributed by atoms with E-state index in [0.29, 0.717) is 13.0 Å². The molecular formula is C18H24N2O7. The maximum atomic E-state index is 12.3. The number of nitro benzene ring substituents is 1. The minimum atomic E-state index is -0.932. The number of benzene rings is 1. The molecule has 0 radical (unpaired) electrons. The zero-order valence-electron chi connectivity index (χ0n) is 15.7. The topological polar surface area (TPSA) is 108 Å². The molecule has 1 saturated heterocycles. The molecule has 0 N–H and O–H groups in total. The average Bonchev–Trinajstić information content (AvgIpc) is 2.59. The number of nitrogens with zero attached hydrogens (tertiary/aromatic N) is 2. The van der Waals surface area contributed by atoms with Crippen LogP contribution in [0.15, 0.2) is 24.3 Å². The third-order valence-corrected chi connectivity index (χ3v) is 3.90. The molecule has 2 rings (SSSR count). The fourth-order valence-electron chi connectivity index (χ4n) is 2.66. The molecule has 1 fully saturated rings. The Bertz CT molecular complexity index is 682. The number of ether oxygens (including phenoxy) is 3. The van der Waals surface area contributed by atoms with Gasteiger partial charge in [0.25, 0.3) is 5.69 Å². The van der Waals surface area contributed by atoms with Crippen LogP contribution < -0.4 is 4.74 Å². The largest absolute Gasteiger partial charge is 0.513 e. The zero-order chi connectivity index (χ0) is 20.0. The van der Waals surface area contributed by atoms with E-state index < -0.39 is 22.8 Å². The highest BCUT2D eigenvalue weighted by Crippen LogP contribution is 2.21. The standard InChI is InChI=1S/C18H24N2O7/c1-18(2,3)27-16(21)19-11-5-4-6-14(19)12-25-17(22)26-15-9-7-13(8-10-15)20(23)24/h7-10,14H,4-6,11-12H2,1-3H3/t14-/m1/s1. The van der Waals surface area contributed by atoms with Crippen LogP contribution >= 0.6 is 0 Å². The maximum Gasteiger partial charge on any atom is 0.513 e. The fourth-order valence-corrected chi connectivity index (χ4v) is 2.66. The summed E-state index contributed by atoms with van der Waals surface area (Å²) in [4.78, 5) is 35.8. The Labute approximate surface area is 157 Å². The van der Waals surface area contributed by atoms with Gasteiger partial charge in [0, 0.05) is 18.7 Å². The van der Waals surface area contributed by atoms with Gasteiger partial charge in [0.2, 0.25) is 0 Å². The SMILES string of the molecule is CC(C)(C)OC(=O)N1CCCC[C@@H]1COC(=O)Oc1ccc([N+](=O)[O-])cc1. The molecule has 1 atom stereocenters. The van der Waals surface area contributed by atoms with Gasteiger partial charge in [-0.2, -0.15) is 0 Å². The quantitative estimate of drug-likeness (QED) is 0.337. The van der Waals surface area contributed by atoms with Crippen LogP contribution in [-0.4, -0.2) is 46.9 Å². The van der Waals surface area contributed by atoms with E-state index in [2.05, 4.69) is 0 Å². The number of likely N-dealkylation sites (tertiary alicyclic amines) is 1. The number of non-ortho nitro benzene ring substituents is 1. The third-order valence-electron chi connectivity index (χ3n) is 3.90. The number of amides is 1. The normalized spacial score (nSPS) is 17.1. The van der Waals surface area contributed by atoms with E-state index in [4.69, 9.17) is 14.2 Å². The van der Waals surface area contributed by atoms with E-state index in [1.165, 1.54) is 24.3 Å². The highest BCUT2D eigenvalue weighted by molar-refractivity contribution is 5.69. The molecule has 0 unspecified atom stereocenters. The first kappa shape index (κ1) is 20.5. The van der Waals surface area contributed by atoms with Gasteiger partial charge in [0.05, 0.1) is 11.0 Å². The molecule has 27 heavy (non-hydrogen) atoms. The zero-order valence-corrected chi connectivity index (χ0v) is 15.7. The first-order chi connectivity index (χ1) is 12.7. The van der Waals surface area contributed by atoms with Crippen LogP contribution in [0.4, 0.5) is 15.3 Å². The summed E-state index contributed by atoms with van der Waals surface area (Å²) in [5.41, 5.74) is -0.708. The lowest BCUT2D eigenvalue weighted by atomic mass is 10.0. The molecule has 0 bridgehead atoms. The first-order valence-corrected chi connectivity index (χ1v) is 8.74. The summed E-state index contributed by atoms with van der Waals surface area (Å²) >= 11 is 0. The van der Waals surface area contributed by atoms with Crippen LogP contribution in [0.2, 0.25) is 0 Å². The predicted molar refractivity (Wildman–Crippen MR) is 95.7 cm³/mol. The Morgan fingerprint density at radius 2 is 1.89 bits per heavy atom. The summed E-state index contributed by atoms with van der Waals surface area (Å²) in [7, 11) is 0. The van der Waals surface area contributed by atoms with Crippen molar-refractivity contribution in [3.05, 3.63) is 34.4 Å². The first-order valence-electron chi connectivity index (χ1n) is 8.74. The fraction of sp³-hybridized carbons (Fsp3) is 0.556. The van der Waals surface area contributed by atoms with Crippen molar-refractivity contribution < 1.29 is 28.7 Å². The van der Waals surface area contributed by atoms with Crippen molar-refractivity contribution in [2.75, 3.05) is 13.2 Å². The summed E-state index contributed by atoms with van der Waals surface area (Å²) in [6.07, 6.45) is 1.12. The Morgan fingerprint density at radius 3 is 2.48 bits per heavy atom. The molecule has 1 aromatic rings. The van der Waals surface area contributed by atoms with Gasteiger partial charge >= 0.3 is 12.2 Å². The van der Waals surface area contributed by atoms with Gasteiger partial charge in [0.1, 0.15) is 18.0 Å². The summed E-state index contributed by atoms with van der Waals surface area (Å²) in [6.45, 7) is 5.91. The number of carbonyl (C=O) groups excluding carboxylic acids is 2. The van der Waals surface area contributed by atoms with Crippen LogP contribution in [0.3, 0.4) is 0 Å². The lowest BCUT2D eigenvalue weighted by Gasteiger charge is -2.36. The molecule has 1 aliphatic heterocycles. The lowest BCUT2D eigenvalue weighted by molar-refractivity contribution is -0.384. The minimum Gasteiger partial charge on any atom is -0.444 e. The molecule has 0 spiro atoms. The number of carbonyl (C=O) groups is 2. The van der Waals surface area contributed by atoms with Gasteiger partial charge in [-0.15, -0.1) is 0 Å². The van der Waals surface area contributed by atoms with Crippen LogP contribution in [0.5, 0.6) is 5.75 Å². The maximum absolute atomic E-state index is 12.3. The van der Waals surface area contributed by atoms with Gasteiger partial charge in [-0.3, -0.25) is 10.1 Å². The van der Waals surface area contributed by atoms with Crippen molar-refractivity contribution in [2.45, 2.75) is 51.7 Å².